The third kappa shape index (κ3) is 4.14. The molecule has 3 rings (SSSR count). The number of nitro groups is 2. The SMILES string of the molecule is N#CC(=NNc1cccc([N+](=O)[O-])c1)c1nc(-c2ccc([N+](=O)[O-])cc2)cs1. The van der Waals surface area contributed by atoms with Crippen molar-refractivity contribution in [2.75, 3.05) is 5.43 Å². The Kier molecular flexibility index (Phi) is 5.33. The van der Waals surface area contributed by atoms with Crippen LogP contribution in [0.1, 0.15) is 5.01 Å². The maximum atomic E-state index is 10.8. The Morgan fingerprint density at radius 1 is 1.11 bits per heavy atom. The summed E-state index contributed by atoms with van der Waals surface area (Å²) in [6.45, 7) is 0. The monoisotopic (exact) mass is 394 g/mol. The number of thiazole rings is 1. The molecule has 28 heavy (non-hydrogen) atoms. The van der Waals surface area contributed by atoms with Gasteiger partial charge in [-0.05, 0) is 18.2 Å². The van der Waals surface area contributed by atoms with Crippen LogP contribution in [0.5, 0.6) is 0 Å². The second-order valence-corrected chi connectivity index (χ2v) is 6.19. The average Bonchev–Trinajstić information content (AvgIpc) is 3.19. The summed E-state index contributed by atoms with van der Waals surface area (Å²) >= 11 is 1.18. The number of rotatable bonds is 6. The van der Waals surface area contributed by atoms with E-state index < -0.39 is 9.85 Å². The number of nitrogens with zero attached hydrogens (tertiary/aromatic N) is 5. The van der Waals surface area contributed by atoms with Crippen molar-refractivity contribution in [1.82, 2.24) is 4.98 Å². The lowest BCUT2D eigenvalue weighted by Gasteiger charge is -2.00. The van der Waals surface area contributed by atoms with Crippen LogP contribution in [0.3, 0.4) is 0 Å². The first kappa shape index (κ1) is 18.6. The van der Waals surface area contributed by atoms with Crippen LogP contribution in [0.2, 0.25) is 0 Å². The molecular formula is C17H10N6O4S. The fourth-order valence-electron chi connectivity index (χ4n) is 2.20. The highest BCUT2D eigenvalue weighted by Crippen LogP contribution is 2.25. The Balaban J connectivity index is 1.81. The van der Waals surface area contributed by atoms with E-state index in [1.165, 1.54) is 41.7 Å². The quantitative estimate of drug-likeness (QED) is 0.378. The largest absolute Gasteiger partial charge is 0.277 e. The second kappa shape index (κ2) is 8.02. The molecule has 10 nitrogen and oxygen atoms in total. The van der Waals surface area contributed by atoms with Gasteiger partial charge in [0.1, 0.15) is 6.07 Å². The van der Waals surface area contributed by atoms with Crippen LogP contribution in [0.25, 0.3) is 11.3 Å². The normalized spacial score (nSPS) is 10.9. The summed E-state index contributed by atoms with van der Waals surface area (Å²) in [6, 6.07) is 13.5. The Bertz CT molecular complexity index is 1120. The smallest absolute Gasteiger partial charge is 0.271 e. The van der Waals surface area contributed by atoms with Gasteiger partial charge in [0.05, 0.1) is 21.2 Å². The van der Waals surface area contributed by atoms with Gasteiger partial charge in [0.25, 0.3) is 11.4 Å². The third-order valence-electron chi connectivity index (χ3n) is 3.54. The van der Waals surface area contributed by atoms with Crippen molar-refractivity contribution in [3.05, 3.63) is 79.1 Å². The first-order chi connectivity index (χ1) is 13.5. The van der Waals surface area contributed by atoms with Gasteiger partial charge in [-0.1, -0.05) is 6.07 Å². The summed E-state index contributed by atoms with van der Waals surface area (Å²) in [4.78, 5) is 24.8. The molecule has 0 aliphatic heterocycles. The van der Waals surface area contributed by atoms with Crippen LogP contribution in [0.4, 0.5) is 17.1 Å². The molecule has 0 saturated heterocycles. The Hall–Kier alpha value is -4.17. The number of nitriles is 1. The van der Waals surface area contributed by atoms with Gasteiger partial charge in [-0.3, -0.25) is 25.7 Å². The Labute approximate surface area is 161 Å². The maximum absolute atomic E-state index is 10.8. The summed E-state index contributed by atoms with van der Waals surface area (Å²) in [5, 5.41) is 36.9. The lowest BCUT2D eigenvalue weighted by molar-refractivity contribution is -0.385. The van der Waals surface area contributed by atoms with E-state index in [2.05, 4.69) is 15.5 Å². The minimum absolute atomic E-state index is 0.00432. The summed E-state index contributed by atoms with van der Waals surface area (Å²) in [7, 11) is 0. The lowest BCUT2D eigenvalue weighted by atomic mass is 10.1. The average molecular weight is 394 g/mol. The molecule has 0 amide bonds. The van der Waals surface area contributed by atoms with Crippen molar-refractivity contribution in [2.24, 2.45) is 5.10 Å². The van der Waals surface area contributed by atoms with Crippen LogP contribution >= 0.6 is 11.3 Å². The van der Waals surface area contributed by atoms with E-state index in [1.54, 1.807) is 23.6 Å². The second-order valence-electron chi connectivity index (χ2n) is 5.33. The molecule has 0 aliphatic rings. The topological polar surface area (TPSA) is 147 Å². The number of non-ortho nitro benzene ring substituents is 2. The van der Waals surface area contributed by atoms with Crippen LogP contribution in [-0.2, 0) is 0 Å². The molecule has 11 heteroatoms. The van der Waals surface area contributed by atoms with Gasteiger partial charge in [0.15, 0.2) is 10.7 Å². The molecule has 2 aromatic carbocycles. The zero-order valence-corrected chi connectivity index (χ0v) is 14.8. The molecule has 0 atom stereocenters. The van der Waals surface area contributed by atoms with Gasteiger partial charge in [-0.2, -0.15) is 10.4 Å². The predicted octanol–water partition coefficient (Wildman–Crippen LogP) is 3.97. The van der Waals surface area contributed by atoms with E-state index in [4.69, 9.17) is 0 Å². The number of benzene rings is 2. The maximum Gasteiger partial charge on any atom is 0.271 e. The molecule has 0 saturated carbocycles. The van der Waals surface area contributed by atoms with Crippen molar-refractivity contribution in [2.45, 2.75) is 0 Å². The fraction of sp³-hybridized carbons (Fsp3) is 0. The summed E-state index contributed by atoms with van der Waals surface area (Å²) in [6.07, 6.45) is 0. The number of hydrogen-bond acceptors (Lipinski definition) is 9. The van der Waals surface area contributed by atoms with E-state index in [1.807, 2.05) is 6.07 Å². The van der Waals surface area contributed by atoms with Crippen molar-refractivity contribution < 1.29 is 9.85 Å². The van der Waals surface area contributed by atoms with Crippen LogP contribution in [0.15, 0.2) is 59.0 Å². The minimum Gasteiger partial charge on any atom is -0.277 e. The zero-order valence-electron chi connectivity index (χ0n) is 14.0. The Morgan fingerprint density at radius 2 is 1.82 bits per heavy atom. The van der Waals surface area contributed by atoms with Crippen LogP contribution < -0.4 is 5.43 Å². The molecular weight excluding hydrogens is 384 g/mol. The standard InChI is InChI=1S/C17H10N6O4S/c18-9-15(21-20-12-2-1-3-14(8-12)23(26)27)17-19-16(10-28-17)11-4-6-13(7-5-11)22(24)25/h1-8,10,20H. The van der Waals surface area contributed by atoms with E-state index in [0.717, 1.165) is 0 Å². The van der Waals surface area contributed by atoms with Crippen molar-refractivity contribution in [1.29, 1.82) is 5.26 Å². The van der Waals surface area contributed by atoms with Crippen molar-refractivity contribution >= 4 is 34.1 Å². The molecule has 0 radical (unpaired) electrons. The van der Waals surface area contributed by atoms with Gasteiger partial charge >= 0.3 is 0 Å². The van der Waals surface area contributed by atoms with E-state index >= 15 is 0 Å². The van der Waals surface area contributed by atoms with Gasteiger partial charge in [-0.15, -0.1) is 11.3 Å². The van der Waals surface area contributed by atoms with E-state index in [9.17, 15) is 25.5 Å². The highest BCUT2D eigenvalue weighted by molar-refractivity contribution is 7.12. The molecule has 1 aromatic heterocycles. The molecule has 0 spiro atoms. The first-order valence-corrected chi connectivity index (χ1v) is 8.55. The fourth-order valence-corrected chi connectivity index (χ4v) is 2.97. The number of nitro benzene ring substituents is 2. The molecule has 0 unspecified atom stereocenters. The highest BCUT2D eigenvalue weighted by atomic mass is 32.1. The van der Waals surface area contributed by atoms with Gasteiger partial charge in [0, 0.05) is 35.2 Å². The molecule has 1 N–H and O–H groups in total. The first-order valence-electron chi connectivity index (χ1n) is 7.67. The lowest BCUT2D eigenvalue weighted by Crippen LogP contribution is -2.01. The van der Waals surface area contributed by atoms with E-state index in [0.29, 0.717) is 22.0 Å². The van der Waals surface area contributed by atoms with Crippen molar-refractivity contribution in [3.8, 4) is 17.3 Å². The van der Waals surface area contributed by atoms with Gasteiger partial charge in [0.2, 0.25) is 0 Å². The number of anilines is 1. The third-order valence-corrected chi connectivity index (χ3v) is 4.39. The van der Waals surface area contributed by atoms with Gasteiger partial charge < -0.3 is 0 Å². The summed E-state index contributed by atoms with van der Waals surface area (Å²) in [5.41, 5.74) is 4.05. The number of nitrogens with one attached hydrogen (secondary N) is 1. The molecule has 0 aliphatic carbocycles. The van der Waals surface area contributed by atoms with Gasteiger partial charge in [-0.25, -0.2) is 4.98 Å². The van der Waals surface area contributed by atoms with Crippen molar-refractivity contribution in [3.63, 3.8) is 0 Å². The Morgan fingerprint density at radius 3 is 2.46 bits per heavy atom. The molecule has 0 bridgehead atoms. The van der Waals surface area contributed by atoms with Crippen LogP contribution in [-0.4, -0.2) is 20.5 Å². The summed E-state index contributed by atoms with van der Waals surface area (Å²) < 4.78 is 0. The number of aromatic nitrogens is 1. The minimum atomic E-state index is -0.530. The van der Waals surface area contributed by atoms with Crippen LogP contribution in [0, 0.1) is 31.6 Å². The molecule has 138 valence electrons. The highest BCUT2D eigenvalue weighted by Gasteiger charge is 2.12. The molecule has 0 fully saturated rings. The summed E-state index contributed by atoms with van der Waals surface area (Å²) in [5.74, 6) is 0. The molecule has 1 heterocycles. The van der Waals surface area contributed by atoms with E-state index in [-0.39, 0.29) is 17.1 Å². The predicted molar refractivity (Wildman–Crippen MR) is 103 cm³/mol. The number of hydrazone groups is 1. The molecule has 3 aromatic rings. The number of hydrogen-bond donors (Lipinski definition) is 1. The zero-order chi connectivity index (χ0) is 20.1.